The van der Waals surface area contributed by atoms with Gasteiger partial charge in [-0.2, -0.15) is 0 Å². The molecule has 1 amide bonds. The zero-order chi connectivity index (χ0) is 22.2. The molecule has 9 nitrogen and oxygen atoms in total. The topological polar surface area (TPSA) is 81.9 Å². The zero-order valence-corrected chi connectivity index (χ0v) is 22.0. The second kappa shape index (κ2) is 12.8. The summed E-state index contributed by atoms with van der Waals surface area (Å²) >= 11 is 6.09. The highest BCUT2D eigenvalue weighted by Gasteiger charge is 2.22. The number of anilines is 1. The first-order valence-electron chi connectivity index (χ1n) is 10.6. The van der Waals surface area contributed by atoms with Gasteiger partial charge in [-0.25, -0.2) is 9.97 Å². The lowest BCUT2D eigenvalue weighted by molar-refractivity contribution is -0.131. The summed E-state index contributed by atoms with van der Waals surface area (Å²) in [5.41, 5.74) is 1.09. The Morgan fingerprint density at radius 2 is 1.94 bits per heavy atom. The van der Waals surface area contributed by atoms with Gasteiger partial charge in [-0.15, -0.1) is 24.0 Å². The van der Waals surface area contributed by atoms with E-state index in [1.807, 2.05) is 47.6 Å². The SMILES string of the molecule is CCNC(=NCCC(=O)N1CCN(c2ncccn2)CC1)N(C)Cc1cc(Cl)cn1C.I. The number of aliphatic imine (C=N–C) groups is 1. The summed E-state index contributed by atoms with van der Waals surface area (Å²) in [5, 5.41) is 4.01. The number of piperazine rings is 1. The monoisotopic (exact) mass is 574 g/mol. The second-order valence-electron chi connectivity index (χ2n) is 7.52. The molecule has 2 aromatic rings. The van der Waals surface area contributed by atoms with Gasteiger partial charge in [0.1, 0.15) is 0 Å². The van der Waals surface area contributed by atoms with Crippen LogP contribution >= 0.6 is 35.6 Å². The number of nitrogens with zero attached hydrogens (tertiary/aromatic N) is 7. The molecule has 0 spiro atoms. The van der Waals surface area contributed by atoms with E-state index in [1.54, 1.807) is 18.5 Å². The van der Waals surface area contributed by atoms with Gasteiger partial charge in [0.15, 0.2) is 5.96 Å². The summed E-state index contributed by atoms with van der Waals surface area (Å²) in [5.74, 6) is 1.63. The average molecular weight is 575 g/mol. The normalized spacial score (nSPS) is 14.2. The molecule has 1 aliphatic rings. The van der Waals surface area contributed by atoms with Crippen LogP contribution in [0.25, 0.3) is 0 Å². The minimum atomic E-state index is 0. The van der Waals surface area contributed by atoms with Crippen LogP contribution in [0.4, 0.5) is 5.95 Å². The fourth-order valence-corrected chi connectivity index (χ4v) is 3.81. The molecule has 0 saturated carbocycles. The van der Waals surface area contributed by atoms with Gasteiger partial charge in [-0.3, -0.25) is 9.79 Å². The number of aromatic nitrogens is 3. The van der Waals surface area contributed by atoms with Crippen LogP contribution in [0.1, 0.15) is 19.0 Å². The number of guanidine groups is 1. The van der Waals surface area contributed by atoms with Gasteiger partial charge >= 0.3 is 0 Å². The first-order chi connectivity index (χ1) is 15.0. The molecule has 1 saturated heterocycles. The predicted molar refractivity (Wildman–Crippen MR) is 139 cm³/mol. The number of halogens is 2. The third-order valence-electron chi connectivity index (χ3n) is 5.22. The van der Waals surface area contributed by atoms with Crippen molar-refractivity contribution in [3.05, 3.63) is 41.4 Å². The van der Waals surface area contributed by atoms with Crippen LogP contribution in [-0.2, 0) is 18.4 Å². The van der Waals surface area contributed by atoms with Crippen LogP contribution in [0, 0.1) is 0 Å². The third kappa shape index (κ3) is 7.22. The number of nitrogens with one attached hydrogen (secondary N) is 1. The molecule has 2 aromatic heterocycles. The smallest absolute Gasteiger partial charge is 0.225 e. The van der Waals surface area contributed by atoms with Crippen LogP contribution in [0.15, 0.2) is 35.7 Å². The Morgan fingerprint density at radius 3 is 2.53 bits per heavy atom. The zero-order valence-electron chi connectivity index (χ0n) is 18.9. The Labute approximate surface area is 211 Å². The lowest BCUT2D eigenvalue weighted by Crippen LogP contribution is -2.49. The van der Waals surface area contributed by atoms with Gasteiger partial charge in [-0.05, 0) is 19.1 Å². The van der Waals surface area contributed by atoms with Crippen molar-refractivity contribution in [1.29, 1.82) is 0 Å². The highest BCUT2D eigenvalue weighted by molar-refractivity contribution is 14.0. The van der Waals surface area contributed by atoms with E-state index in [0.29, 0.717) is 32.6 Å². The summed E-state index contributed by atoms with van der Waals surface area (Å²) in [6.07, 6.45) is 5.75. The van der Waals surface area contributed by atoms with Gasteiger partial charge in [0.25, 0.3) is 0 Å². The molecule has 3 rings (SSSR count). The average Bonchev–Trinajstić information content (AvgIpc) is 3.10. The fourth-order valence-electron chi connectivity index (χ4n) is 3.54. The van der Waals surface area contributed by atoms with Crippen LogP contribution in [0.5, 0.6) is 0 Å². The van der Waals surface area contributed by atoms with Gasteiger partial charge in [0.05, 0.1) is 18.1 Å². The molecule has 1 aliphatic heterocycles. The number of rotatable bonds is 7. The largest absolute Gasteiger partial charge is 0.357 e. The van der Waals surface area contributed by atoms with E-state index in [2.05, 4.69) is 25.2 Å². The van der Waals surface area contributed by atoms with Crippen molar-refractivity contribution in [2.24, 2.45) is 12.0 Å². The maximum absolute atomic E-state index is 12.6. The molecule has 11 heteroatoms. The Bertz CT molecular complexity index is 883. The number of amides is 1. The summed E-state index contributed by atoms with van der Waals surface area (Å²) in [6.45, 7) is 6.74. The lowest BCUT2D eigenvalue weighted by Gasteiger charge is -2.34. The van der Waals surface area contributed by atoms with E-state index < -0.39 is 0 Å². The van der Waals surface area contributed by atoms with Crippen LogP contribution < -0.4 is 10.2 Å². The quantitative estimate of drug-likeness (QED) is 0.310. The maximum atomic E-state index is 12.6. The molecule has 0 bridgehead atoms. The molecule has 3 heterocycles. The summed E-state index contributed by atoms with van der Waals surface area (Å²) in [6, 6.07) is 3.75. The van der Waals surface area contributed by atoms with Crippen molar-refractivity contribution < 1.29 is 4.79 Å². The number of carbonyl (C=O) groups is 1. The summed E-state index contributed by atoms with van der Waals surface area (Å²) in [4.78, 5) is 31.9. The van der Waals surface area contributed by atoms with Crippen LogP contribution in [0.2, 0.25) is 5.02 Å². The van der Waals surface area contributed by atoms with Gasteiger partial charge in [0, 0.05) is 77.5 Å². The van der Waals surface area contributed by atoms with Crippen molar-refractivity contribution in [1.82, 2.24) is 29.7 Å². The first-order valence-corrected chi connectivity index (χ1v) is 11.0. The third-order valence-corrected chi connectivity index (χ3v) is 5.43. The van der Waals surface area contributed by atoms with Gasteiger partial charge < -0.3 is 24.6 Å². The molecule has 176 valence electrons. The van der Waals surface area contributed by atoms with Crippen molar-refractivity contribution in [2.75, 3.05) is 51.2 Å². The number of carbonyl (C=O) groups excluding carboxylic acids is 1. The van der Waals surface area contributed by atoms with Crippen molar-refractivity contribution in [3.8, 4) is 0 Å². The molecule has 0 aromatic carbocycles. The number of hydrogen-bond donors (Lipinski definition) is 1. The van der Waals surface area contributed by atoms with Gasteiger partial charge in [-0.1, -0.05) is 11.6 Å². The summed E-state index contributed by atoms with van der Waals surface area (Å²) in [7, 11) is 3.95. The van der Waals surface area contributed by atoms with Crippen molar-refractivity contribution in [3.63, 3.8) is 0 Å². The van der Waals surface area contributed by atoms with E-state index in [-0.39, 0.29) is 29.9 Å². The molecule has 1 fully saturated rings. The maximum Gasteiger partial charge on any atom is 0.225 e. The second-order valence-corrected chi connectivity index (χ2v) is 7.96. The lowest BCUT2D eigenvalue weighted by atomic mass is 10.3. The Kier molecular flexibility index (Phi) is 10.5. The standard InChI is InChI=1S/C21H31ClN8O.HI/c1-4-23-20(28(3)16-18-14-17(22)15-27(18)2)26-9-6-19(31)29-10-12-30(13-11-29)21-24-7-5-8-25-21;/h5,7-8,14-15H,4,6,9-13,16H2,1-3H3,(H,23,26);1H. The van der Waals surface area contributed by atoms with E-state index in [4.69, 9.17) is 11.6 Å². The highest BCUT2D eigenvalue weighted by Crippen LogP contribution is 2.14. The fraction of sp³-hybridized carbons (Fsp3) is 0.524. The van der Waals surface area contributed by atoms with Crippen molar-refractivity contribution >= 4 is 53.4 Å². The molecule has 0 atom stereocenters. The Hall–Kier alpha value is -2.08. The minimum Gasteiger partial charge on any atom is -0.357 e. The van der Waals surface area contributed by atoms with E-state index in [0.717, 1.165) is 42.3 Å². The Morgan fingerprint density at radius 1 is 1.25 bits per heavy atom. The molecule has 1 N–H and O–H groups in total. The first kappa shape index (κ1) is 26.2. The highest BCUT2D eigenvalue weighted by atomic mass is 127. The minimum absolute atomic E-state index is 0. The van der Waals surface area contributed by atoms with Crippen molar-refractivity contribution in [2.45, 2.75) is 19.9 Å². The Balaban J connectivity index is 0.00000363. The predicted octanol–water partition coefficient (Wildman–Crippen LogP) is 2.22. The number of hydrogen-bond acceptors (Lipinski definition) is 5. The molecular formula is C21H32ClIN8O. The summed E-state index contributed by atoms with van der Waals surface area (Å²) < 4.78 is 2.01. The van der Waals surface area contributed by atoms with E-state index >= 15 is 0 Å². The van der Waals surface area contributed by atoms with Crippen LogP contribution in [-0.4, -0.2) is 82.5 Å². The molecule has 0 unspecified atom stereocenters. The molecule has 0 aliphatic carbocycles. The van der Waals surface area contributed by atoms with Crippen LogP contribution in [0.3, 0.4) is 0 Å². The van der Waals surface area contributed by atoms with E-state index in [9.17, 15) is 4.79 Å². The number of aryl methyl sites for hydroxylation is 1. The molecule has 0 radical (unpaired) electrons. The molecule has 32 heavy (non-hydrogen) atoms. The molecular weight excluding hydrogens is 543 g/mol. The van der Waals surface area contributed by atoms with E-state index in [1.165, 1.54) is 0 Å². The van der Waals surface area contributed by atoms with Gasteiger partial charge in [0.2, 0.25) is 11.9 Å².